The Labute approximate surface area is 118 Å². The van der Waals surface area contributed by atoms with E-state index in [4.69, 9.17) is 0 Å². The molecule has 1 aromatic rings. The fourth-order valence-electron chi connectivity index (χ4n) is 2.26. The van der Waals surface area contributed by atoms with Crippen molar-refractivity contribution in [2.75, 3.05) is 0 Å². The number of hydrogen-bond acceptors (Lipinski definition) is 2. The van der Waals surface area contributed by atoms with E-state index in [1.807, 2.05) is 18.5 Å². The van der Waals surface area contributed by atoms with Crippen molar-refractivity contribution in [2.45, 2.75) is 59.4 Å². The number of hydrogen-bond donors (Lipinski definition) is 0. The first-order valence-corrected chi connectivity index (χ1v) is 7.59. The fourth-order valence-corrected chi connectivity index (χ4v) is 2.73. The average molecular weight is 315 g/mol. The minimum Gasteiger partial charge on any atom is -0.292 e. The molecular formula is C14H23BrN2O. The van der Waals surface area contributed by atoms with Gasteiger partial charge in [0.1, 0.15) is 5.69 Å². The van der Waals surface area contributed by atoms with Crippen LogP contribution in [-0.4, -0.2) is 15.6 Å². The molecule has 0 saturated carbocycles. The van der Waals surface area contributed by atoms with Crippen LogP contribution in [0.3, 0.4) is 0 Å². The highest BCUT2D eigenvalue weighted by Gasteiger charge is 2.25. The molecule has 1 heterocycles. The predicted molar refractivity (Wildman–Crippen MR) is 77.9 cm³/mol. The molecular weight excluding hydrogens is 292 g/mol. The Morgan fingerprint density at radius 2 is 1.89 bits per heavy atom. The molecule has 1 aromatic heterocycles. The summed E-state index contributed by atoms with van der Waals surface area (Å²) in [6, 6.07) is 0.208. The van der Waals surface area contributed by atoms with Gasteiger partial charge in [-0.05, 0) is 42.6 Å². The molecule has 4 heteroatoms. The van der Waals surface area contributed by atoms with Crippen molar-refractivity contribution in [3.8, 4) is 0 Å². The smallest absolute Gasteiger partial charge is 0.185 e. The van der Waals surface area contributed by atoms with E-state index in [1.165, 1.54) is 0 Å². The summed E-state index contributed by atoms with van der Waals surface area (Å²) in [4.78, 5) is 12.6. The summed E-state index contributed by atoms with van der Waals surface area (Å²) in [5.74, 6) is 0.363. The first-order chi connectivity index (χ1) is 8.52. The van der Waals surface area contributed by atoms with Crippen LogP contribution in [0, 0.1) is 5.92 Å². The highest BCUT2D eigenvalue weighted by molar-refractivity contribution is 9.10. The van der Waals surface area contributed by atoms with E-state index in [1.54, 1.807) is 6.20 Å². The minimum absolute atomic E-state index is 0.130. The summed E-state index contributed by atoms with van der Waals surface area (Å²) in [5, 5.41) is 4.29. The van der Waals surface area contributed by atoms with E-state index in [2.05, 4.69) is 34.9 Å². The Morgan fingerprint density at radius 1 is 1.33 bits per heavy atom. The third-order valence-corrected chi connectivity index (χ3v) is 3.70. The van der Waals surface area contributed by atoms with Crippen molar-refractivity contribution in [3.05, 3.63) is 16.4 Å². The Morgan fingerprint density at radius 3 is 2.33 bits per heavy atom. The molecule has 0 spiro atoms. The molecule has 0 saturated heterocycles. The lowest BCUT2D eigenvalue weighted by Crippen LogP contribution is -2.20. The molecule has 1 rings (SSSR count). The maximum Gasteiger partial charge on any atom is 0.185 e. The molecule has 3 nitrogen and oxygen atoms in total. The Balaban J connectivity index is 3.03. The molecule has 0 atom stereocenters. The SMILES string of the molecule is CCCC(CCC)C(=O)c1c(Br)cnn1C(C)C. The minimum atomic E-state index is 0.130. The van der Waals surface area contributed by atoms with Crippen molar-refractivity contribution in [2.24, 2.45) is 5.92 Å². The second-order valence-electron chi connectivity index (χ2n) is 5.02. The molecule has 0 N–H and O–H groups in total. The molecule has 0 unspecified atom stereocenters. The number of rotatable bonds is 7. The molecule has 0 aliphatic carbocycles. The normalized spacial score (nSPS) is 11.5. The number of halogens is 1. The molecule has 18 heavy (non-hydrogen) atoms. The highest BCUT2D eigenvalue weighted by atomic mass is 79.9. The molecule has 0 fully saturated rings. The maximum absolute atomic E-state index is 12.6. The zero-order valence-corrected chi connectivity index (χ0v) is 13.3. The van der Waals surface area contributed by atoms with Crippen LogP contribution in [-0.2, 0) is 0 Å². The van der Waals surface area contributed by atoms with Crippen LogP contribution in [0.15, 0.2) is 10.7 Å². The van der Waals surface area contributed by atoms with Crippen LogP contribution >= 0.6 is 15.9 Å². The third kappa shape index (κ3) is 3.44. The lowest BCUT2D eigenvalue weighted by atomic mass is 9.92. The van der Waals surface area contributed by atoms with Gasteiger partial charge >= 0.3 is 0 Å². The average Bonchev–Trinajstić information content (AvgIpc) is 2.70. The van der Waals surface area contributed by atoms with Crippen molar-refractivity contribution in [1.82, 2.24) is 9.78 Å². The van der Waals surface area contributed by atoms with Crippen LogP contribution < -0.4 is 0 Å². The summed E-state index contributed by atoms with van der Waals surface area (Å²) in [6.07, 6.45) is 5.74. The van der Waals surface area contributed by atoms with Gasteiger partial charge in [-0.3, -0.25) is 9.48 Å². The van der Waals surface area contributed by atoms with Gasteiger partial charge in [-0.2, -0.15) is 5.10 Å². The van der Waals surface area contributed by atoms with Gasteiger partial charge in [0.2, 0.25) is 0 Å². The van der Waals surface area contributed by atoms with Gasteiger partial charge in [0.15, 0.2) is 5.78 Å². The van der Waals surface area contributed by atoms with Gasteiger partial charge in [0, 0.05) is 12.0 Å². The first kappa shape index (κ1) is 15.4. The number of nitrogens with zero attached hydrogens (tertiary/aromatic N) is 2. The van der Waals surface area contributed by atoms with Crippen molar-refractivity contribution < 1.29 is 4.79 Å². The first-order valence-electron chi connectivity index (χ1n) is 6.80. The summed E-state index contributed by atoms with van der Waals surface area (Å²) < 4.78 is 2.64. The fraction of sp³-hybridized carbons (Fsp3) is 0.714. The van der Waals surface area contributed by atoms with Gasteiger partial charge in [0.25, 0.3) is 0 Å². The third-order valence-electron chi connectivity index (χ3n) is 3.12. The Bertz CT molecular complexity index is 392. The summed E-state index contributed by atoms with van der Waals surface area (Å²) >= 11 is 3.45. The summed E-state index contributed by atoms with van der Waals surface area (Å²) in [5.41, 5.74) is 0.733. The lowest BCUT2D eigenvalue weighted by Gasteiger charge is -2.17. The molecule has 0 bridgehead atoms. The molecule has 0 aliphatic rings. The van der Waals surface area contributed by atoms with Gasteiger partial charge in [-0.1, -0.05) is 26.7 Å². The summed E-state index contributed by atoms with van der Waals surface area (Å²) in [7, 11) is 0. The van der Waals surface area contributed by atoms with Gasteiger partial charge in [-0.25, -0.2) is 0 Å². The van der Waals surface area contributed by atoms with Crippen molar-refractivity contribution in [3.63, 3.8) is 0 Å². The Hall–Kier alpha value is -0.640. The van der Waals surface area contributed by atoms with E-state index >= 15 is 0 Å². The van der Waals surface area contributed by atoms with E-state index in [0.717, 1.165) is 35.8 Å². The standard InChI is InChI=1S/C14H23BrN2O/c1-5-7-11(8-6-2)14(18)13-12(15)9-16-17(13)10(3)4/h9-11H,5-8H2,1-4H3. The lowest BCUT2D eigenvalue weighted by molar-refractivity contribution is 0.0891. The van der Waals surface area contributed by atoms with Crippen LogP contribution in [0.2, 0.25) is 0 Å². The maximum atomic E-state index is 12.6. The number of ketones is 1. The van der Waals surface area contributed by atoms with Gasteiger partial charge in [-0.15, -0.1) is 0 Å². The second kappa shape index (κ2) is 7.07. The molecule has 0 radical (unpaired) electrons. The Kier molecular flexibility index (Phi) is 6.06. The molecule has 102 valence electrons. The topological polar surface area (TPSA) is 34.9 Å². The van der Waals surface area contributed by atoms with E-state index in [9.17, 15) is 4.79 Å². The van der Waals surface area contributed by atoms with Crippen LogP contribution in [0.25, 0.3) is 0 Å². The van der Waals surface area contributed by atoms with E-state index < -0.39 is 0 Å². The molecule has 0 aromatic carbocycles. The van der Waals surface area contributed by atoms with Crippen LogP contribution in [0.5, 0.6) is 0 Å². The largest absolute Gasteiger partial charge is 0.292 e. The highest BCUT2D eigenvalue weighted by Crippen LogP contribution is 2.26. The van der Waals surface area contributed by atoms with Crippen LogP contribution in [0.4, 0.5) is 0 Å². The van der Waals surface area contributed by atoms with E-state index in [0.29, 0.717) is 0 Å². The van der Waals surface area contributed by atoms with E-state index in [-0.39, 0.29) is 17.7 Å². The number of carbonyl (C=O) groups is 1. The van der Waals surface area contributed by atoms with Crippen LogP contribution in [0.1, 0.15) is 69.9 Å². The van der Waals surface area contributed by atoms with Crippen molar-refractivity contribution >= 4 is 21.7 Å². The zero-order valence-electron chi connectivity index (χ0n) is 11.7. The number of Topliss-reactive ketones (excluding diaryl/α,β-unsaturated/α-hetero) is 1. The quantitative estimate of drug-likeness (QED) is 0.688. The number of aromatic nitrogens is 2. The second-order valence-corrected chi connectivity index (χ2v) is 5.87. The zero-order chi connectivity index (χ0) is 13.7. The molecule has 0 amide bonds. The van der Waals surface area contributed by atoms with Gasteiger partial charge < -0.3 is 0 Å². The monoisotopic (exact) mass is 314 g/mol. The van der Waals surface area contributed by atoms with Crippen molar-refractivity contribution in [1.29, 1.82) is 0 Å². The van der Waals surface area contributed by atoms with Gasteiger partial charge in [0.05, 0.1) is 10.7 Å². The predicted octanol–water partition coefficient (Wildman–Crippen LogP) is 4.63. The number of carbonyl (C=O) groups excluding carboxylic acids is 1. The summed E-state index contributed by atoms with van der Waals surface area (Å²) in [6.45, 7) is 8.35. The molecule has 0 aliphatic heterocycles.